The Morgan fingerprint density at radius 2 is 2.20 bits per heavy atom. The molecular weight excluding hydrogens is 150 g/mol. The first-order valence-electron chi connectivity index (χ1n) is 3.03. The molecule has 0 aromatic rings. The molecule has 3 heteroatoms. The molecule has 0 saturated heterocycles. The van der Waals surface area contributed by atoms with E-state index in [1.54, 1.807) is 0 Å². The van der Waals surface area contributed by atoms with E-state index in [0.29, 0.717) is 6.42 Å². The summed E-state index contributed by atoms with van der Waals surface area (Å²) in [6.45, 7) is 3.69. The summed E-state index contributed by atoms with van der Waals surface area (Å²) >= 11 is 5.15. The number of hydrogen-bond donors (Lipinski definition) is 0. The molecule has 0 aromatic heterocycles. The van der Waals surface area contributed by atoms with Crippen molar-refractivity contribution < 1.29 is 4.79 Å². The van der Waals surface area contributed by atoms with Gasteiger partial charge < -0.3 is 0 Å². The van der Waals surface area contributed by atoms with Crippen molar-refractivity contribution in [3.05, 3.63) is 0 Å². The maximum Gasteiger partial charge on any atom is 0.222 e. The van der Waals surface area contributed by atoms with Crippen LogP contribution in [0.4, 0.5) is 0 Å². The van der Waals surface area contributed by atoms with Gasteiger partial charge in [-0.3, -0.25) is 4.79 Å². The number of halogens is 1. The second-order valence-electron chi connectivity index (χ2n) is 3.03. The average molecular weight is 160 g/mol. The van der Waals surface area contributed by atoms with Crippen LogP contribution in [0.15, 0.2) is 0 Å². The summed E-state index contributed by atoms with van der Waals surface area (Å²) in [5.74, 6) is 0. The standard InChI is InChI=1S/C7H10ClNO/c1-7(2,3-4-9)5-6(8)10/h3,5H2,1-2H3. The molecule has 10 heavy (non-hydrogen) atoms. The van der Waals surface area contributed by atoms with Gasteiger partial charge in [-0.1, -0.05) is 13.8 Å². The first kappa shape index (κ1) is 9.45. The zero-order valence-electron chi connectivity index (χ0n) is 6.15. The highest BCUT2D eigenvalue weighted by molar-refractivity contribution is 6.63. The Hall–Kier alpha value is -0.550. The predicted molar refractivity (Wildman–Crippen MR) is 39.5 cm³/mol. The molecule has 0 aliphatic carbocycles. The molecule has 0 aliphatic rings. The molecule has 0 atom stereocenters. The highest BCUT2D eigenvalue weighted by Gasteiger charge is 2.20. The fraction of sp³-hybridized carbons (Fsp3) is 0.714. The third-order valence-corrected chi connectivity index (χ3v) is 1.31. The minimum Gasteiger partial charge on any atom is -0.281 e. The van der Waals surface area contributed by atoms with E-state index in [4.69, 9.17) is 16.9 Å². The quantitative estimate of drug-likeness (QED) is 0.592. The molecule has 0 rings (SSSR count). The van der Waals surface area contributed by atoms with E-state index in [1.165, 1.54) is 0 Å². The molecule has 0 heterocycles. The molecular formula is C7H10ClNO. The van der Waals surface area contributed by atoms with E-state index in [2.05, 4.69) is 0 Å². The lowest BCUT2D eigenvalue weighted by atomic mass is 9.87. The highest BCUT2D eigenvalue weighted by atomic mass is 35.5. The number of rotatable bonds is 3. The van der Waals surface area contributed by atoms with Crippen LogP contribution in [0, 0.1) is 16.7 Å². The Bertz CT molecular complexity index is 169. The lowest BCUT2D eigenvalue weighted by molar-refractivity contribution is -0.113. The van der Waals surface area contributed by atoms with Gasteiger partial charge in [-0.2, -0.15) is 5.26 Å². The van der Waals surface area contributed by atoms with Crippen LogP contribution in [0.1, 0.15) is 26.7 Å². The zero-order chi connectivity index (χ0) is 8.20. The molecule has 0 spiro atoms. The minimum atomic E-state index is -0.375. The summed E-state index contributed by atoms with van der Waals surface area (Å²) < 4.78 is 0. The van der Waals surface area contributed by atoms with Crippen molar-refractivity contribution in [2.45, 2.75) is 26.7 Å². The Balaban J connectivity index is 3.89. The van der Waals surface area contributed by atoms with Gasteiger partial charge in [0.05, 0.1) is 6.07 Å². The Morgan fingerprint density at radius 1 is 1.70 bits per heavy atom. The van der Waals surface area contributed by atoms with Crippen LogP contribution in [0.25, 0.3) is 0 Å². The van der Waals surface area contributed by atoms with Gasteiger partial charge in [0, 0.05) is 12.8 Å². The molecule has 0 amide bonds. The van der Waals surface area contributed by atoms with Gasteiger partial charge in [0.1, 0.15) is 0 Å². The van der Waals surface area contributed by atoms with Crippen molar-refractivity contribution in [2.24, 2.45) is 5.41 Å². The van der Waals surface area contributed by atoms with Crippen molar-refractivity contribution in [3.63, 3.8) is 0 Å². The molecule has 0 aromatic carbocycles. The average Bonchev–Trinajstić information content (AvgIpc) is 1.59. The number of carbonyl (C=O) groups is 1. The predicted octanol–water partition coefficient (Wildman–Crippen LogP) is 2.08. The first-order chi connectivity index (χ1) is 4.48. The summed E-state index contributed by atoms with van der Waals surface area (Å²) in [7, 11) is 0. The number of nitrogens with zero attached hydrogens (tertiary/aromatic N) is 1. The van der Waals surface area contributed by atoms with Gasteiger partial charge in [-0.05, 0) is 17.0 Å². The minimum absolute atomic E-state index is 0.266. The smallest absolute Gasteiger partial charge is 0.222 e. The molecule has 2 nitrogen and oxygen atoms in total. The van der Waals surface area contributed by atoms with Crippen molar-refractivity contribution in [1.29, 1.82) is 5.26 Å². The van der Waals surface area contributed by atoms with Crippen LogP contribution in [0.5, 0.6) is 0 Å². The van der Waals surface area contributed by atoms with Gasteiger partial charge in [0.15, 0.2) is 0 Å². The summed E-state index contributed by atoms with van der Waals surface area (Å²) in [6, 6.07) is 2.00. The van der Waals surface area contributed by atoms with Crippen LogP contribution in [-0.2, 0) is 4.79 Å². The van der Waals surface area contributed by atoms with Gasteiger partial charge in [0.2, 0.25) is 5.24 Å². The number of carbonyl (C=O) groups excluding carboxylic acids is 1. The van der Waals surface area contributed by atoms with E-state index < -0.39 is 0 Å². The van der Waals surface area contributed by atoms with E-state index in [1.807, 2.05) is 19.9 Å². The summed E-state index contributed by atoms with van der Waals surface area (Å²) in [5.41, 5.74) is -0.270. The molecule has 0 fully saturated rings. The second-order valence-corrected chi connectivity index (χ2v) is 3.45. The van der Waals surface area contributed by atoms with Crippen molar-refractivity contribution in [1.82, 2.24) is 0 Å². The molecule has 0 saturated carbocycles. The molecule has 0 N–H and O–H groups in total. The third-order valence-electron chi connectivity index (χ3n) is 1.18. The molecule has 56 valence electrons. The van der Waals surface area contributed by atoms with E-state index in [0.717, 1.165) is 0 Å². The van der Waals surface area contributed by atoms with E-state index in [9.17, 15) is 4.79 Å². The topological polar surface area (TPSA) is 40.9 Å². The molecule has 0 unspecified atom stereocenters. The van der Waals surface area contributed by atoms with Gasteiger partial charge >= 0.3 is 0 Å². The lowest BCUT2D eigenvalue weighted by Gasteiger charge is -2.17. The van der Waals surface area contributed by atoms with Crippen molar-refractivity contribution in [2.75, 3.05) is 0 Å². The monoisotopic (exact) mass is 159 g/mol. The van der Waals surface area contributed by atoms with Crippen LogP contribution < -0.4 is 0 Å². The van der Waals surface area contributed by atoms with E-state index in [-0.39, 0.29) is 17.1 Å². The fourth-order valence-electron chi connectivity index (χ4n) is 0.653. The molecule has 0 radical (unpaired) electrons. The summed E-state index contributed by atoms with van der Waals surface area (Å²) in [6.07, 6.45) is 0.633. The number of nitriles is 1. The Morgan fingerprint density at radius 3 is 2.50 bits per heavy atom. The largest absolute Gasteiger partial charge is 0.281 e. The normalized spacial score (nSPS) is 10.6. The molecule has 0 bridgehead atoms. The van der Waals surface area contributed by atoms with Crippen molar-refractivity contribution >= 4 is 16.8 Å². The lowest BCUT2D eigenvalue weighted by Crippen LogP contribution is -2.13. The maximum atomic E-state index is 10.4. The maximum absolute atomic E-state index is 10.4. The highest BCUT2D eigenvalue weighted by Crippen LogP contribution is 2.24. The third kappa shape index (κ3) is 4.34. The zero-order valence-corrected chi connectivity index (χ0v) is 6.90. The molecule has 0 aliphatic heterocycles. The van der Waals surface area contributed by atoms with Crippen LogP contribution >= 0.6 is 11.6 Å². The van der Waals surface area contributed by atoms with Gasteiger partial charge in [-0.15, -0.1) is 0 Å². The Labute approximate surface area is 65.8 Å². The van der Waals surface area contributed by atoms with Crippen LogP contribution in [0.2, 0.25) is 0 Å². The summed E-state index contributed by atoms with van der Waals surface area (Å²) in [5, 5.41) is 7.94. The van der Waals surface area contributed by atoms with Gasteiger partial charge in [-0.25, -0.2) is 0 Å². The van der Waals surface area contributed by atoms with Crippen LogP contribution in [0.3, 0.4) is 0 Å². The second kappa shape index (κ2) is 3.58. The Kier molecular flexibility index (Phi) is 3.38. The van der Waals surface area contributed by atoms with Crippen LogP contribution in [-0.4, -0.2) is 5.24 Å². The summed E-state index contributed by atoms with van der Waals surface area (Å²) in [4.78, 5) is 10.4. The number of hydrogen-bond acceptors (Lipinski definition) is 2. The fourth-order valence-corrected chi connectivity index (χ4v) is 1.01. The van der Waals surface area contributed by atoms with E-state index >= 15 is 0 Å². The first-order valence-corrected chi connectivity index (χ1v) is 3.41. The van der Waals surface area contributed by atoms with Gasteiger partial charge in [0.25, 0.3) is 0 Å². The SMILES string of the molecule is CC(C)(CC#N)CC(=O)Cl. The van der Waals surface area contributed by atoms with Crippen molar-refractivity contribution in [3.8, 4) is 6.07 Å².